The van der Waals surface area contributed by atoms with Crippen molar-refractivity contribution in [2.24, 2.45) is 11.8 Å². The van der Waals surface area contributed by atoms with Gasteiger partial charge in [0, 0.05) is 18.1 Å². The summed E-state index contributed by atoms with van der Waals surface area (Å²) in [6.45, 7) is 11.1. The molecule has 1 aliphatic carbocycles. The van der Waals surface area contributed by atoms with Crippen LogP contribution in [0.1, 0.15) is 72.1 Å². The zero-order valence-electron chi connectivity index (χ0n) is 21.3. The summed E-state index contributed by atoms with van der Waals surface area (Å²) in [7, 11) is -1.92. The van der Waals surface area contributed by atoms with E-state index in [1.807, 2.05) is 20.8 Å². The average Bonchev–Trinajstić information content (AvgIpc) is 3.10. The van der Waals surface area contributed by atoms with Gasteiger partial charge >= 0.3 is 14.7 Å². The van der Waals surface area contributed by atoms with E-state index in [4.69, 9.17) is 13.6 Å². The summed E-state index contributed by atoms with van der Waals surface area (Å²) in [6.07, 6.45) is 10.6. The van der Waals surface area contributed by atoms with Crippen LogP contribution in [0.25, 0.3) is 0 Å². The average molecular weight is 499 g/mol. The van der Waals surface area contributed by atoms with Crippen LogP contribution < -0.4 is 5.32 Å². The Kier molecular flexibility index (Phi) is 8.75. The third kappa shape index (κ3) is 7.35. The van der Waals surface area contributed by atoms with Crippen molar-refractivity contribution in [3.63, 3.8) is 0 Å². The standard InChI is InChI=1S/C25H46N2O4SSi/c1-25(2,3)26-24(28)29-18-21-16-19-10-12-27(21)17-20(19)11-14-32-13-7-15-33(4)30-22-8-5-6-9-23(22)31-33/h19-23H,5-18H2,1-4H3,(H,26,28). The number of hydrogen-bond donors (Lipinski definition) is 1. The van der Waals surface area contributed by atoms with Crippen molar-refractivity contribution >= 4 is 26.4 Å². The summed E-state index contributed by atoms with van der Waals surface area (Å²) in [6, 6.07) is 1.55. The second-order valence-electron chi connectivity index (χ2n) is 11.9. The van der Waals surface area contributed by atoms with E-state index in [2.05, 4.69) is 28.5 Å². The molecule has 1 N–H and O–H groups in total. The molecule has 4 saturated heterocycles. The number of thioether (sulfide) groups is 1. The van der Waals surface area contributed by atoms with Crippen molar-refractivity contribution in [2.45, 2.75) is 109 Å². The number of nitrogens with one attached hydrogen (secondary N) is 1. The number of amides is 1. The summed E-state index contributed by atoms with van der Waals surface area (Å²) in [4.78, 5) is 14.6. The first-order valence-electron chi connectivity index (χ1n) is 13.3. The molecule has 5 rings (SSSR count). The highest BCUT2D eigenvalue weighted by Crippen LogP contribution is 2.39. The Morgan fingerprint density at radius 1 is 1.15 bits per heavy atom. The third-order valence-electron chi connectivity index (χ3n) is 7.89. The van der Waals surface area contributed by atoms with Crippen LogP contribution >= 0.6 is 11.8 Å². The molecule has 1 amide bonds. The number of nitrogens with zero attached hydrogens (tertiary/aromatic N) is 1. The molecule has 6 unspecified atom stereocenters. The Hall–Kier alpha value is -0.283. The predicted molar refractivity (Wildman–Crippen MR) is 137 cm³/mol. The van der Waals surface area contributed by atoms with Crippen LogP contribution in [0.5, 0.6) is 0 Å². The molecule has 0 aromatic heterocycles. The Morgan fingerprint density at radius 2 is 1.88 bits per heavy atom. The Morgan fingerprint density at radius 3 is 2.52 bits per heavy atom. The molecule has 0 spiro atoms. The first-order valence-corrected chi connectivity index (χ1v) is 17.0. The summed E-state index contributed by atoms with van der Waals surface area (Å²) in [5, 5.41) is 2.89. The van der Waals surface area contributed by atoms with E-state index in [1.54, 1.807) is 0 Å². The van der Waals surface area contributed by atoms with Gasteiger partial charge in [-0.2, -0.15) is 11.8 Å². The third-order valence-corrected chi connectivity index (χ3v) is 11.9. The van der Waals surface area contributed by atoms with Gasteiger partial charge in [0.2, 0.25) is 0 Å². The molecule has 2 bridgehead atoms. The highest BCUT2D eigenvalue weighted by atomic mass is 32.2. The lowest BCUT2D eigenvalue weighted by Gasteiger charge is -2.49. The first-order chi connectivity index (χ1) is 15.7. The van der Waals surface area contributed by atoms with Crippen LogP contribution in [0.4, 0.5) is 4.79 Å². The van der Waals surface area contributed by atoms with Crippen LogP contribution in [0.2, 0.25) is 12.6 Å². The van der Waals surface area contributed by atoms with E-state index in [0.29, 0.717) is 24.9 Å². The molecule has 1 saturated carbocycles. The molecule has 33 heavy (non-hydrogen) atoms. The molecule has 4 heterocycles. The van der Waals surface area contributed by atoms with Gasteiger partial charge in [-0.3, -0.25) is 4.90 Å². The zero-order chi connectivity index (χ0) is 23.5. The fourth-order valence-corrected chi connectivity index (χ4v) is 10.4. The number of carbonyl (C=O) groups is 1. The molecule has 5 fully saturated rings. The molecule has 6 atom stereocenters. The Labute approximate surface area is 206 Å². The maximum atomic E-state index is 12.0. The Bertz CT molecular complexity index is 647. The van der Waals surface area contributed by atoms with Crippen molar-refractivity contribution in [2.75, 3.05) is 31.2 Å². The van der Waals surface area contributed by atoms with Crippen LogP contribution in [0, 0.1) is 11.8 Å². The van der Waals surface area contributed by atoms with Gasteiger partial charge in [-0.15, -0.1) is 0 Å². The summed E-state index contributed by atoms with van der Waals surface area (Å²) in [5.41, 5.74) is -0.249. The lowest BCUT2D eigenvalue weighted by Crippen LogP contribution is -2.55. The fraction of sp³-hybridized carbons (Fsp3) is 0.960. The van der Waals surface area contributed by atoms with Crippen molar-refractivity contribution in [1.29, 1.82) is 0 Å². The van der Waals surface area contributed by atoms with Crippen molar-refractivity contribution in [3.05, 3.63) is 0 Å². The van der Waals surface area contributed by atoms with Gasteiger partial charge in [-0.1, -0.05) is 12.8 Å². The molecule has 6 nitrogen and oxygen atoms in total. The molecule has 5 aliphatic rings. The monoisotopic (exact) mass is 498 g/mol. The minimum Gasteiger partial charge on any atom is -0.448 e. The van der Waals surface area contributed by atoms with E-state index < -0.39 is 8.56 Å². The van der Waals surface area contributed by atoms with Crippen LogP contribution in [0.3, 0.4) is 0 Å². The van der Waals surface area contributed by atoms with Gasteiger partial charge in [0.05, 0.1) is 12.2 Å². The topological polar surface area (TPSA) is 60.0 Å². The van der Waals surface area contributed by atoms with E-state index in [-0.39, 0.29) is 11.6 Å². The van der Waals surface area contributed by atoms with Crippen molar-refractivity contribution in [1.82, 2.24) is 10.2 Å². The predicted octanol–water partition coefficient (Wildman–Crippen LogP) is 5.16. The molecule has 190 valence electrons. The van der Waals surface area contributed by atoms with E-state index in [0.717, 1.165) is 24.4 Å². The van der Waals surface area contributed by atoms with Gasteiger partial charge in [0.1, 0.15) is 6.61 Å². The van der Waals surface area contributed by atoms with E-state index in [9.17, 15) is 4.79 Å². The normalized spacial score (nSPS) is 38.2. The van der Waals surface area contributed by atoms with Gasteiger partial charge in [0.15, 0.2) is 0 Å². The lowest BCUT2D eigenvalue weighted by atomic mass is 9.74. The summed E-state index contributed by atoms with van der Waals surface area (Å²) in [5.74, 6) is 4.09. The highest BCUT2D eigenvalue weighted by molar-refractivity contribution is 7.99. The second-order valence-corrected chi connectivity index (χ2v) is 16.4. The number of hydrogen-bond acceptors (Lipinski definition) is 6. The molecular formula is C25H46N2O4SSi. The zero-order valence-corrected chi connectivity index (χ0v) is 23.1. The summed E-state index contributed by atoms with van der Waals surface area (Å²) >= 11 is 2.12. The maximum absolute atomic E-state index is 12.0. The fourth-order valence-electron chi connectivity index (χ4n) is 6.21. The number of piperidine rings is 3. The minimum atomic E-state index is -1.92. The number of carbonyl (C=O) groups excluding carboxylic acids is 1. The number of rotatable bonds is 9. The largest absolute Gasteiger partial charge is 0.448 e. The SMILES string of the molecule is CC(C)(C)NC(=O)OCC1CC2CCN1CC2CCSCCC[Si]1(C)OC2CCCCC2O1. The van der Waals surface area contributed by atoms with Crippen LogP contribution in [-0.4, -0.2) is 74.5 Å². The highest BCUT2D eigenvalue weighted by Gasteiger charge is 2.47. The molecule has 4 aliphatic heterocycles. The maximum Gasteiger partial charge on any atom is 0.407 e. The first kappa shape index (κ1) is 25.8. The van der Waals surface area contributed by atoms with E-state index in [1.165, 1.54) is 69.4 Å². The molecule has 0 aromatic carbocycles. The van der Waals surface area contributed by atoms with Crippen LogP contribution in [-0.2, 0) is 13.6 Å². The molecule has 8 heteroatoms. The molecular weight excluding hydrogens is 452 g/mol. The lowest BCUT2D eigenvalue weighted by molar-refractivity contribution is -0.0257. The van der Waals surface area contributed by atoms with Crippen molar-refractivity contribution < 1.29 is 18.4 Å². The summed E-state index contributed by atoms with van der Waals surface area (Å²) < 4.78 is 18.4. The van der Waals surface area contributed by atoms with Gasteiger partial charge in [0.25, 0.3) is 0 Å². The van der Waals surface area contributed by atoms with Crippen LogP contribution in [0.15, 0.2) is 0 Å². The molecule has 0 radical (unpaired) electrons. The number of fused-ring (bicyclic) bond motifs is 4. The number of alkyl carbamates (subject to hydrolysis) is 1. The smallest absolute Gasteiger partial charge is 0.407 e. The molecule has 0 aromatic rings. The quantitative estimate of drug-likeness (QED) is 0.350. The minimum absolute atomic E-state index is 0.249. The number of ether oxygens (including phenoxy) is 1. The van der Waals surface area contributed by atoms with Crippen molar-refractivity contribution in [3.8, 4) is 0 Å². The van der Waals surface area contributed by atoms with E-state index >= 15 is 0 Å². The Balaban J connectivity index is 1.08. The van der Waals surface area contributed by atoms with Gasteiger partial charge in [-0.05, 0) is 102 Å². The van der Waals surface area contributed by atoms with Gasteiger partial charge < -0.3 is 18.9 Å². The van der Waals surface area contributed by atoms with Gasteiger partial charge in [-0.25, -0.2) is 4.79 Å². The second kappa shape index (κ2) is 11.2.